The SMILES string of the molecule is CN1CCO[C@@H](C(=O)NC2(C)CCOCC2)C1. The van der Waals surface area contributed by atoms with E-state index in [4.69, 9.17) is 9.47 Å². The molecule has 2 fully saturated rings. The number of hydrogen-bond acceptors (Lipinski definition) is 4. The average Bonchev–Trinajstić information content (AvgIpc) is 2.29. The molecule has 0 aromatic heterocycles. The fraction of sp³-hybridized carbons (Fsp3) is 0.917. The van der Waals surface area contributed by atoms with Crippen molar-refractivity contribution >= 4 is 5.91 Å². The number of morpholine rings is 1. The Hall–Kier alpha value is -0.650. The first-order valence-electron chi connectivity index (χ1n) is 6.29. The highest BCUT2D eigenvalue weighted by atomic mass is 16.5. The zero-order valence-electron chi connectivity index (χ0n) is 10.7. The second kappa shape index (κ2) is 5.33. The van der Waals surface area contributed by atoms with Gasteiger partial charge < -0.3 is 19.7 Å². The van der Waals surface area contributed by atoms with E-state index in [1.807, 2.05) is 7.05 Å². The van der Waals surface area contributed by atoms with E-state index in [1.165, 1.54) is 0 Å². The summed E-state index contributed by atoms with van der Waals surface area (Å²) < 4.78 is 10.8. The van der Waals surface area contributed by atoms with Gasteiger partial charge in [-0.05, 0) is 26.8 Å². The number of carbonyl (C=O) groups excluding carboxylic acids is 1. The minimum Gasteiger partial charge on any atom is -0.381 e. The predicted molar refractivity (Wildman–Crippen MR) is 63.8 cm³/mol. The molecule has 5 heteroatoms. The molecule has 0 aromatic rings. The summed E-state index contributed by atoms with van der Waals surface area (Å²) in [5.41, 5.74) is -0.130. The largest absolute Gasteiger partial charge is 0.381 e. The molecule has 2 aliphatic heterocycles. The molecule has 0 aromatic carbocycles. The molecule has 0 aliphatic carbocycles. The molecule has 5 nitrogen and oxygen atoms in total. The minimum absolute atomic E-state index is 0.0148. The lowest BCUT2D eigenvalue weighted by Gasteiger charge is -2.37. The van der Waals surface area contributed by atoms with Crippen LogP contribution in [-0.4, -0.2) is 62.4 Å². The Morgan fingerprint density at radius 1 is 1.35 bits per heavy atom. The maximum absolute atomic E-state index is 12.1. The van der Waals surface area contributed by atoms with E-state index in [0.717, 1.165) is 32.6 Å². The van der Waals surface area contributed by atoms with Crippen molar-refractivity contribution in [3.05, 3.63) is 0 Å². The first-order chi connectivity index (χ1) is 8.09. The number of hydrogen-bond donors (Lipinski definition) is 1. The highest BCUT2D eigenvalue weighted by Crippen LogP contribution is 2.20. The van der Waals surface area contributed by atoms with Crippen molar-refractivity contribution in [2.45, 2.75) is 31.4 Å². The second-order valence-electron chi connectivity index (χ2n) is 5.28. The van der Waals surface area contributed by atoms with E-state index >= 15 is 0 Å². The summed E-state index contributed by atoms with van der Waals surface area (Å²) in [6.07, 6.45) is 1.43. The Labute approximate surface area is 102 Å². The lowest BCUT2D eigenvalue weighted by Crippen LogP contribution is -2.56. The summed E-state index contributed by atoms with van der Waals surface area (Å²) in [6.45, 7) is 5.74. The molecule has 0 saturated carbocycles. The molecule has 1 atom stereocenters. The number of ether oxygens (including phenoxy) is 2. The normalized spacial score (nSPS) is 29.9. The van der Waals surface area contributed by atoms with Gasteiger partial charge in [-0.15, -0.1) is 0 Å². The molecule has 1 amide bonds. The molecule has 17 heavy (non-hydrogen) atoms. The molecule has 2 rings (SSSR count). The molecule has 0 spiro atoms. The quantitative estimate of drug-likeness (QED) is 0.740. The lowest BCUT2D eigenvalue weighted by molar-refractivity contribution is -0.140. The predicted octanol–water partition coefficient (Wildman–Crippen LogP) is 0.00230. The van der Waals surface area contributed by atoms with Crippen LogP contribution in [0.2, 0.25) is 0 Å². The average molecular weight is 242 g/mol. The van der Waals surface area contributed by atoms with Gasteiger partial charge in [-0.25, -0.2) is 0 Å². The molecular formula is C12H22N2O3. The number of nitrogens with zero attached hydrogens (tertiary/aromatic N) is 1. The summed E-state index contributed by atoms with van der Waals surface area (Å²) in [5, 5.41) is 3.11. The Morgan fingerprint density at radius 2 is 2.06 bits per heavy atom. The van der Waals surface area contributed by atoms with Crippen LogP contribution >= 0.6 is 0 Å². The third-order valence-corrected chi connectivity index (χ3v) is 3.58. The molecule has 2 saturated heterocycles. The third kappa shape index (κ3) is 3.40. The van der Waals surface area contributed by atoms with Gasteiger partial charge in [0.2, 0.25) is 0 Å². The first-order valence-corrected chi connectivity index (χ1v) is 6.29. The van der Waals surface area contributed by atoms with Crippen molar-refractivity contribution in [3.63, 3.8) is 0 Å². The Morgan fingerprint density at radius 3 is 2.71 bits per heavy atom. The van der Waals surface area contributed by atoms with Gasteiger partial charge in [-0.3, -0.25) is 4.79 Å². The van der Waals surface area contributed by atoms with Gasteiger partial charge >= 0.3 is 0 Å². The second-order valence-corrected chi connectivity index (χ2v) is 5.28. The summed E-state index contributed by atoms with van der Waals surface area (Å²) in [6, 6.07) is 0. The van der Waals surface area contributed by atoms with Crippen molar-refractivity contribution in [3.8, 4) is 0 Å². The van der Waals surface area contributed by atoms with Gasteiger partial charge in [0.15, 0.2) is 0 Å². The summed E-state index contributed by atoms with van der Waals surface area (Å²) in [5.74, 6) is 0.0148. The van der Waals surface area contributed by atoms with E-state index in [9.17, 15) is 4.79 Å². The third-order valence-electron chi connectivity index (χ3n) is 3.58. The number of amides is 1. The van der Waals surface area contributed by atoms with E-state index in [-0.39, 0.29) is 17.6 Å². The van der Waals surface area contributed by atoms with Crippen LogP contribution in [0.1, 0.15) is 19.8 Å². The molecule has 0 bridgehead atoms. The van der Waals surface area contributed by atoms with Crippen molar-refractivity contribution in [1.82, 2.24) is 10.2 Å². The highest BCUT2D eigenvalue weighted by molar-refractivity contribution is 5.81. The zero-order valence-corrected chi connectivity index (χ0v) is 10.7. The van der Waals surface area contributed by atoms with Gasteiger partial charge in [0, 0.05) is 31.8 Å². The van der Waals surface area contributed by atoms with E-state index in [0.29, 0.717) is 13.2 Å². The smallest absolute Gasteiger partial charge is 0.250 e. The van der Waals surface area contributed by atoms with Crippen molar-refractivity contribution in [1.29, 1.82) is 0 Å². The Kier molecular flexibility index (Phi) is 4.01. The monoisotopic (exact) mass is 242 g/mol. The van der Waals surface area contributed by atoms with Gasteiger partial charge in [-0.2, -0.15) is 0 Å². The molecule has 1 N–H and O–H groups in total. The fourth-order valence-corrected chi connectivity index (χ4v) is 2.26. The molecule has 2 aliphatic rings. The van der Waals surface area contributed by atoms with Crippen LogP contribution < -0.4 is 5.32 Å². The van der Waals surface area contributed by atoms with Gasteiger partial charge in [0.25, 0.3) is 5.91 Å². The standard InChI is InChI=1S/C12H22N2O3/c1-12(3-6-16-7-4-12)13-11(15)10-9-14(2)5-8-17-10/h10H,3-9H2,1-2H3,(H,13,15)/t10-/m1/s1. The Balaban J connectivity index is 1.87. The number of rotatable bonds is 2. The van der Waals surface area contributed by atoms with Crippen molar-refractivity contribution in [2.75, 3.05) is 40.0 Å². The van der Waals surface area contributed by atoms with Crippen LogP contribution in [0.3, 0.4) is 0 Å². The van der Waals surface area contributed by atoms with E-state index in [1.54, 1.807) is 0 Å². The molecule has 0 radical (unpaired) electrons. The molecule has 0 unspecified atom stereocenters. The number of carbonyl (C=O) groups is 1. The number of nitrogens with one attached hydrogen (secondary N) is 1. The maximum atomic E-state index is 12.1. The van der Waals surface area contributed by atoms with Crippen LogP contribution in [0.25, 0.3) is 0 Å². The van der Waals surface area contributed by atoms with Crippen molar-refractivity contribution < 1.29 is 14.3 Å². The van der Waals surface area contributed by atoms with Crippen LogP contribution in [0.5, 0.6) is 0 Å². The molecular weight excluding hydrogens is 220 g/mol. The van der Waals surface area contributed by atoms with Crippen LogP contribution in [0, 0.1) is 0 Å². The van der Waals surface area contributed by atoms with Crippen LogP contribution in [-0.2, 0) is 14.3 Å². The van der Waals surface area contributed by atoms with Crippen LogP contribution in [0.4, 0.5) is 0 Å². The Bertz CT molecular complexity index is 277. The minimum atomic E-state index is -0.326. The molecule has 2 heterocycles. The van der Waals surface area contributed by atoms with Gasteiger partial charge in [0.1, 0.15) is 6.10 Å². The summed E-state index contributed by atoms with van der Waals surface area (Å²) in [4.78, 5) is 14.2. The van der Waals surface area contributed by atoms with Gasteiger partial charge in [-0.1, -0.05) is 0 Å². The van der Waals surface area contributed by atoms with Gasteiger partial charge in [0.05, 0.1) is 6.61 Å². The zero-order chi connectivity index (χ0) is 12.3. The van der Waals surface area contributed by atoms with Crippen molar-refractivity contribution in [2.24, 2.45) is 0 Å². The lowest BCUT2D eigenvalue weighted by atomic mass is 9.92. The van der Waals surface area contributed by atoms with Crippen LogP contribution in [0.15, 0.2) is 0 Å². The topological polar surface area (TPSA) is 50.8 Å². The fourth-order valence-electron chi connectivity index (χ4n) is 2.26. The highest BCUT2D eigenvalue weighted by Gasteiger charge is 2.33. The first kappa shape index (κ1) is 12.8. The summed E-state index contributed by atoms with van der Waals surface area (Å²) >= 11 is 0. The van der Waals surface area contributed by atoms with E-state index in [2.05, 4.69) is 17.1 Å². The summed E-state index contributed by atoms with van der Waals surface area (Å²) in [7, 11) is 2.01. The maximum Gasteiger partial charge on any atom is 0.250 e. The number of likely N-dealkylation sites (N-methyl/N-ethyl adjacent to an activating group) is 1. The van der Waals surface area contributed by atoms with E-state index < -0.39 is 0 Å². The molecule has 98 valence electrons.